The smallest absolute Gasteiger partial charge is 0.261 e. The predicted octanol–water partition coefficient (Wildman–Crippen LogP) is 2.15. The van der Waals surface area contributed by atoms with Crippen molar-refractivity contribution in [2.75, 3.05) is 13.2 Å². The van der Waals surface area contributed by atoms with Gasteiger partial charge in [0.2, 0.25) is 5.91 Å². The number of carbonyl (C=O) groups is 1. The van der Waals surface area contributed by atoms with Gasteiger partial charge in [0.25, 0.3) is 6.43 Å². The highest BCUT2D eigenvalue weighted by molar-refractivity contribution is 7.80. The van der Waals surface area contributed by atoms with Crippen molar-refractivity contribution in [3.8, 4) is 0 Å². The highest BCUT2D eigenvalue weighted by Crippen LogP contribution is 2.27. The minimum Gasteiger partial charge on any atom is -0.391 e. The second-order valence-corrected chi connectivity index (χ2v) is 5.56. The van der Waals surface area contributed by atoms with Crippen molar-refractivity contribution in [3.63, 3.8) is 0 Å². The quantitative estimate of drug-likeness (QED) is 0.430. The first-order chi connectivity index (χ1) is 9.46. The molecule has 0 aromatic heterocycles. The first-order valence-electron chi connectivity index (χ1n) is 6.93. The van der Waals surface area contributed by atoms with Crippen molar-refractivity contribution in [1.29, 1.82) is 0 Å². The average Bonchev–Trinajstić information content (AvgIpc) is 2.61. The molecule has 1 amide bonds. The Morgan fingerprint density at radius 3 is 2.40 bits per heavy atom. The zero-order chi connectivity index (χ0) is 15.0. The van der Waals surface area contributed by atoms with Crippen LogP contribution in [-0.2, 0) is 9.53 Å². The van der Waals surface area contributed by atoms with Gasteiger partial charge in [-0.25, -0.2) is 8.78 Å². The topological polar surface area (TPSA) is 64.3 Å². The molecule has 0 aliphatic heterocycles. The van der Waals surface area contributed by atoms with E-state index >= 15 is 0 Å². The number of carbonyl (C=O) groups excluding carboxylic acids is 1. The maximum Gasteiger partial charge on any atom is 0.261 e. The molecule has 0 unspecified atom stereocenters. The van der Waals surface area contributed by atoms with E-state index in [2.05, 4.69) is 5.32 Å². The third kappa shape index (κ3) is 5.66. The van der Waals surface area contributed by atoms with Gasteiger partial charge in [-0.15, -0.1) is 0 Å². The largest absolute Gasteiger partial charge is 0.391 e. The third-order valence-electron chi connectivity index (χ3n) is 3.52. The highest BCUT2D eigenvalue weighted by Gasteiger charge is 2.35. The number of hydrogen-bond donors (Lipinski definition) is 2. The van der Waals surface area contributed by atoms with E-state index in [1.807, 2.05) is 0 Å². The van der Waals surface area contributed by atoms with Crippen molar-refractivity contribution in [2.24, 2.45) is 5.73 Å². The van der Waals surface area contributed by atoms with Crippen molar-refractivity contribution in [1.82, 2.24) is 5.32 Å². The lowest BCUT2D eigenvalue weighted by Gasteiger charge is -2.33. The second kappa shape index (κ2) is 8.46. The molecule has 1 fully saturated rings. The van der Waals surface area contributed by atoms with Gasteiger partial charge in [0.15, 0.2) is 0 Å². The summed E-state index contributed by atoms with van der Waals surface area (Å²) >= 11 is 5.11. The summed E-state index contributed by atoms with van der Waals surface area (Å²) in [5, 5.41) is 2.89. The van der Waals surface area contributed by atoms with E-state index in [0.29, 0.717) is 4.99 Å². The molecule has 3 N–H and O–H groups in total. The number of ether oxygens (including phenoxy) is 1. The Balaban J connectivity index is 2.44. The number of rotatable bonds is 7. The predicted molar refractivity (Wildman–Crippen MR) is 76.8 cm³/mol. The molecule has 0 spiro atoms. The van der Waals surface area contributed by atoms with Crippen LogP contribution < -0.4 is 11.1 Å². The van der Waals surface area contributed by atoms with Crippen LogP contribution in [0.3, 0.4) is 0 Å². The zero-order valence-electron chi connectivity index (χ0n) is 11.5. The van der Waals surface area contributed by atoms with Crippen LogP contribution in [0.2, 0.25) is 0 Å². The monoisotopic (exact) mass is 308 g/mol. The molecule has 4 nitrogen and oxygen atoms in total. The van der Waals surface area contributed by atoms with Gasteiger partial charge in [-0.05, 0) is 12.8 Å². The fraction of sp³-hybridized carbons (Fsp3) is 0.846. The van der Waals surface area contributed by atoms with Crippen LogP contribution in [0.4, 0.5) is 8.78 Å². The van der Waals surface area contributed by atoms with Gasteiger partial charge in [0, 0.05) is 6.42 Å². The molecule has 1 aliphatic rings. The van der Waals surface area contributed by atoms with Crippen molar-refractivity contribution in [2.45, 2.75) is 56.9 Å². The summed E-state index contributed by atoms with van der Waals surface area (Å²) in [6.07, 6.45) is 3.17. The van der Waals surface area contributed by atoms with Crippen LogP contribution >= 0.6 is 12.2 Å². The number of amides is 1. The maximum absolute atomic E-state index is 11.9. The van der Waals surface area contributed by atoms with Gasteiger partial charge in [-0.1, -0.05) is 37.9 Å². The Labute approximate surface area is 123 Å². The Hall–Kier alpha value is -0.820. The van der Waals surface area contributed by atoms with E-state index in [9.17, 15) is 13.6 Å². The Morgan fingerprint density at radius 2 is 1.90 bits per heavy atom. The van der Waals surface area contributed by atoms with Crippen LogP contribution in [0.1, 0.15) is 44.9 Å². The van der Waals surface area contributed by atoms with Crippen LogP contribution in [0.15, 0.2) is 0 Å². The van der Waals surface area contributed by atoms with Crippen LogP contribution in [0, 0.1) is 0 Å². The molecule has 116 valence electrons. The molecule has 0 heterocycles. The minimum atomic E-state index is -2.51. The number of nitrogens with two attached hydrogens (primary N) is 1. The van der Waals surface area contributed by atoms with Crippen molar-refractivity contribution in [3.05, 3.63) is 0 Å². The zero-order valence-corrected chi connectivity index (χ0v) is 12.3. The van der Waals surface area contributed by atoms with Crippen LogP contribution in [-0.4, -0.2) is 36.1 Å². The molecular formula is C13H22F2N2O2S. The van der Waals surface area contributed by atoms with Crippen molar-refractivity contribution < 1.29 is 18.3 Å². The summed E-state index contributed by atoms with van der Waals surface area (Å²) in [5.41, 5.74) is 5.18. The fourth-order valence-electron chi connectivity index (χ4n) is 2.43. The number of hydrogen-bond acceptors (Lipinski definition) is 3. The van der Waals surface area contributed by atoms with Crippen LogP contribution in [0.25, 0.3) is 0 Å². The van der Waals surface area contributed by atoms with E-state index in [1.165, 1.54) is 0 Å². The summed E-state index contributed by atoms with van der Waals surface area (Å²) in [5.74, 6) is -0.256. The third-order valence-corrected chi connectivity index (χ3v) is 3.92. The molecule has 0 aromatic carbocycles. The molecule has 7 heteroatoms. The lowest BCUT2D eigenvalue weighted by atomic mass is 9.90. The van der Waals surface area contributed by atoms with E-state index in [0.717, 1.165) is 38.5 Å². The second-order valence-electron chi connectivity index (χ2n) is 5.12. The summed E-state index contributed by atoms with van der Waals surface area (Å²) in [4.78, 5) is 12.2. The molecular weight excluding hydrogens is 286 g/mol. The van der Waals surface area contributed by atoms with Crippen molar-refractivity contribution >= 4 is 23.1 Å². The van der Waals surface area contributed by atoms with Gasteiger partial charge in [-0.2, -0.15) is 0 Å². The maximum atomic E-state index is 11.9. The molecule has 1 rings (SSSR count). The number of halogens is 2. The summed E-state index contributed by atoms with van der Waals surface area (Å²) in [7, 11) is 0. The molecule has 1 saturated carbocycles. The van der Waals surface area contributed by atoms with E-state index in [4.69, 9.17) is 22.7 Å². The van der Waals surface area contributed by atoms with E-state index < -0.39 is 18.6 Å². The van der Waals surface area contributed by atoms with Gasteiger partial charge in [0.05, 0.1) is 17.1 Å². The van der Waals surface area contributed by atoms with Gasteiger partial charge < -0.3 is 15.8 Å². The van der Waals surface area contributed by atoms with Gasteiger partial charge >= 0.3 is 0 Å². The number of nitrogens with one attached hydrogen (secondary N) is 1. The van der Waals surface area contributed by atoms with Crippen LogP contribution in [0.5, 0.6) is 0 Å². The minimum absolute atomic E-state index is 0.0242. The summed E-state index contributed by atoms with van der Waals surface area (Å²) in [6.45, 7) is -0.669. The lowest BCUT2D eigenvalue weighted by molar-refractivity contribution is -0.124. The number of alkyl halides is 2. The molecule has 0 saturated heterocycles. The summed E-state index contributed by atoms with van der Waals surface area (Å²) < 4.78 is 28.5. The molecule has 0 aromatic rings. The molecule has 0 bridgehead atoms. The molecule has 0 radical (unpaired) electrons. The molecule has 0 atom stereocenters. The molecule has 20 heavy (non-hydrogen) atoms. The fourth-order valence-corrected chi connectivity index (χ4v) is 2.69. The van der Waals surface area contributed by atoms with Gasteiger partial charge in [-0.3, -0.25) is 4.79 Å². The Kier molecular flexibility index (Phi) is 7.29. The first kappa shape index (κ1) is 17.2. The Bertz CT molecular complexity index is 332. The molecule has 1 aliphatic carbocycles. The van der Waals surface area contributed by atoms with Gasteiger partial charge in [0.1, 0.15) is 6.61 Å². The Morgan fingerprint density at radius 1 is 1.30 bits per heavy atom. The SMILES string of the molecule is NC(=S)C1(NC(=O)CCOCC(F)F)CCCCCC1. The van der Waals surface area contributed by atoms with E-state index in [1.54, 1.807) is 0 Å². The highest BCUT2D eigenvalue weighted by atomic mass is 32.1. The lowest BCUT2D eigenvalue weighted by Crippen LogP contribution is -2.56. The first-order valence-corrected chi connectivity index (χ1v) is 7.34. The normalized spacial score (nSPS) is 18.6. The standard InChI is InChI=1S/C13H22F2N2O2S/c14-10(15)9-19-8-5-11(18)17-13(12(16)20)6-3-1-2-4-7-13/h10H,1-9H2,(H2,16,20)(H,17,18). The average molecular weight is 308 g/mol. The van der Waals surface area contributed by atoms with E-state index in [-0.39, 0.29) is 18.9 Å². The number of thiocarbonyl (C=S) groups is 1. The summed E-state index contributed by atoms with van der Waals surface area (Å²) in [6, 6.07) is 0.